The highest BCUT2D eigenvalue weighted by Crippen LogP contribution is 2.42. The molecule has 0 radical (unpaired) electrons. The SMILES string of the molecule is C/C=C/[C@@H]1C[C@H](C(C)(C)C)C[C@@H]1O. The highest BCUT2D eigenvalue weighted by atomic mass is 16.3. The van der Waals surface area contributed by atoms with Crippen LogP contribution in [0.1, 0.15) is 40.5 Å². The molecular weight excluding hydrogens is 160 g/mol. The van der Waals surface area contributed by atoms with E-state index in [0.29, 0.717) is 17.3 Å². The Bertz CT molecular complexity index is 188. The molecule has 0 unspecified atom stereocenters. The van der Waals surface area contributed by atoms with Crippen molar-refractivity contribution < 1.29 is 5.11 Å². The van der Waals surface area contributed by atoms with Crippen LogP contribution in [0, 0.1) is 17.3 Å². The van der Waals surface area contributed by atoms with Crippen molar-refractivity contribution in [1.82, 2.24) is 0 Å². The smallest absolute Gasteiger partial charge is 0.0605 e. The molecular formula is C12H22O. The van der Waals surface area contributed by atoms with Crippen LogP contribution < -0.4 is 0 Å². The van der Waals surface area contributed by atoms with Crippen LogP contribution in [0.25, 0.3) is 0 Å². The van der Waals surface area contributed by atoms with Crippen molar-refractivity contribution in [2.24, 2.45) is 17.3 Å². The fourth-order valence-electron chi connectivity index (χ4n) is 2.21. The lowest BCUT2D eigenvalue weighted by Crippen LogP contribution is -2.18. The number of hydrogen-bond donors (Lipinski definition) is 1. The van der Waals surface area contributed by atoms with Crippen molar-refractivity contribution in [3.63, 3.8) is 0 Å². The summed E-state index contributed by atoms with van der Waals surface area (Å²) in [5.41, 5.74) is 0.345. The maximum atomic E-state index is 9.80. The minimum Gasteiger partial charge on any atom is -0.393 e. The minimum atomic E-state index is -0.111. The molecule has 0 bridgehead atoms. The van der Waals surface area contributed by atoms with E-state index in [2.05, 4.69) is 32.9 Å². The standard InChI is InChI=1S/C12H22O/c1-5-6-9-7-10(8-11(9)13)12(2,3)4/h5-6,9-11,13H,7-8H2,1-4H3/b6-5+/t9-,10+,11+/m1/s1. The third kappa shape index (κ3) is 2.57. The Hall–Kier alpha value is -0.300. The Labute approximate surface area is 81.9 Å². The lowest BCUT2D eigenvalue weighted by molar-refractivity contribution is 0.140. The van der Waals surface area contributed by atoms with Crippen LogP contribution in [-0.2, 0) is 0 Å². The van der Waals surface area contributed by atoms with E-state index < -0.39 is 0 Å². The first kappa shape index (κ1) is 10.8. The number of hydrogen-bond acceptors (Lipinski definition) is 1. The van der Waals surface area contributed by atoms with Gasteiger partial charge in [-0.2, -0.15) is 0 Å². The van der Waals surface area contributed by atoms with Gasteiger partial charge in [-0.1, -0.05) is 32.9 Å². The van der Waals surface area contributed by atoms with E-state index in [1.807, 2.05) is 6.92 Å². The average molecular weight is 182 g/mol. The third-order valence-corrected chi connectivity index (χ3v) is 3.24. The molecule has 0 heterocycles. The molecule has 1 heteroatoms. The van der Waals surface area contributed by atoms with Crippen molar-refractivity contribution in [2.45, 2.75) is 46.6 Å². The highest BCUT2D eigenvalue weighted by molar-refractivity contribution is 4.98. The molecule has 1 aliphatic rings. The summed E-state index contributed by atoms with van der Waals surface area (Å²) < 4.78 is 0. The molecule has 0 aromatic carbocycles. The first-order valence-corrected chi connectivity index (χ1v) is 5.26. The maximum Gasteiger partial charge on any atom is 0.0605 e. The fraction of sp³-hybridized carbons (Fsp3) is 0.833. The van der Waals surface area contributed by atoms with Crippen LogP contribution in [-0.4, -0.2) is 11.2 Å². The Kier molecular flexibility index (Phi) is 3.18. The van der Waals surface area contributed by atoms with E-state index in [4.69, 9.17) is 0 Å². The van der Waals surface area contributed by atoms with Crippen molar-refractivity contribution in [3.8, 4) is 0 Å². The largest absolute Gasteiger partial charge is 0.393 e. The molecule has 1 nitrogen and oxygen atoms in total. The van der Waals surface area contributed by atoms with E-state index in [-0.39, 0.29) is 6.10 Å². The highest BCUT2D eigenvalue weighted by Gasteiger charge is 2.37. The van der Waals surface area contributed by atoms with Gasteiger partial charge in [0.25, 0.3) is 0 Å². The summed E-state index contributed by atoms with van der Waals surface area (Å²) in [5.74, 6) is 1.07. The monoisotopic (exact) mass is 182 g/mol. The molecule has 0 aliphatic heterocycles. The molecule has 0 saturated heterocycles. The van der Waals surface area contributed by atoms with Gasteiger partial charge in [0.15, 0.2) is 0 Å². The molecule has 1 saturated carbocycles. The Balaban J connectivity index is 2.60. The van der Waals surface area contributed by atoms with Crippen LogP contribution >= 0.6 is 0 Å². The van der Waals surface area contributed by atoms with Gasteiger partial charge in [-0.15, -0.1) is 0 Å². The predicted octanol–water partition coefficient (Wildman–Crippen LogP) is 3.00. The second kappa shape index (κ2) is 3.83. The number of rotatable bonds is 1. The zero-order valence-electron chi connectivity index (χ0n) is 9.25. The van der Waals surface area contributed by atoms with Crippen molar-refractivity contribution >= 4 is 0 Å². The van der Waals surface area contributed by atoms with Gasteiger partial charge >= 0.3 is 0 Å². The molecule has 76 valence electrons. The van der Waals surface area contributed by atoms with Gasteiger partial charge in [0.2, 0.25) is 0 Å². The summed E-state index contributed by atoms with van der Waals surface area (Å²) in [6.45, 7) is 8.82. The van der Waals surface area contributed by atoms with Gasteiger partial charge in [0, 0.05) is 5.92 Å². The quantitative estimate of drug-likeness (QED) is 0.618. The second-order valence-electron chi connectivity index (χ2n) is 5.29. The summed E-state index contributed by atoms with van der Waals surface area (Å²) in [7, 11) is 0. The molecule has 0 spiro atoms. The van der Waals surface area contributed by atoms with Crippen LogP contribution in [0.3, 0.4) is 0 Å². The van der Waals surface area contributed by atoms with E-state index in [0.717, 1.165) is 12.8 Å². The van der Waals surface area contributed by atoms with Gasteiger partial charge in [0.05, 0.1) is 6.10 Å². The van der Waals surface area contributed by atoms with Gasteiger partial charge in [-0.05, 0) is 31.1 Å². The van der Waals surface area contributed by atoms with Crippen LogP contribution in [0.5, 0.6) is 0 Å². The lowest BCUT2D eigenvalue weighted by atomic mass is 9.79. The number of aliphatic hydroxyl groups excluding tert-OH is 1. The Morgan fingerprint density at radius 1 is 1.23 bits per heavy atom. The van der Waals surface area contributed by atoms with E-state index in [1.54, 1.807) is 0 Å². The molecule has 1 N–H and O–H groups in total. The van der Waals surface area contributed by atoms with E-state index >= 15 is 0 Å². The van der Waals surface area contributed by atoms with Gasteiger partial charge in [-0.25, -0.2) is 0 Å². The van der Waals surface area contributed by atoms with Crippen molar-refractivity contribution in [2.75, 3.05) is 0 Å². The number of aliphatic hydroxyl groups is 1. The molecule has 0 amide bonds. The van der Waals surface area contributed by atoms with Crippen molar-refractivity contribution in [1.29, 1.82) is 0 Å². The molecule has 1 aliphatic carbocycles. The maximum absolute atomic E-state index is 9.80. The average Bonchev–Trinajstić information content (AvgIpc) is 2.32. The molecule has 3 atom stereocenters. The van der Waals surface area contributed by atoms with Gasteiger partial charge in [0.1, 0.15) is 0 Å². The summed E-state index contributed by atoms with van der Waals surface area (Å²) in [6, 6.07) is 0. The second-order valence-corrected chi connectivity index (χ2v) is 5.29. The predicted molar refractivity (Wildman–Crippen MR) is 56.5 cm³/mol. The third-order valence-electron chi connectivity index (χ3n) is 3.24. The van der Waals surface area contributed by atoms with Crippen LogP contribution in [0.4, 0.5) is 0 Å². The molecule has 1 rings (SSSR count). The van der Waals surface area contributed by atoms with E-state index in [9.17, 15) is 5.11 Å². The van der Waals surface area contributed by atoms with Gasteiger partial charge in [-0.3, -0.25) is 0 Å². The van der Waals surface area contributed by atoms with Crippen LogP contribution in [0.2, 0.25) is 0 Å². The minimum absolute atomic E-state index is 0.111. The Morgan fingerprint density at radius 3 is 2.23 bits per heavy atom. The molecule has 0 aromatic heterocycles. The molecule has 1 fully saturated rings. The Morgan fingerprint density at radius 2 is 1.85 bits per heavy atom. The molecule has 0 aromatic rings. The molecule has 13 heavy (non-hydrogen) atoms. The summed E-state index contributed by atoms with van der Waals surface area (Å²) >= 11 is 0. The number of allylic oxidation sites excluding steroid dienone is 1. The zero-order valence-corrected chi connectivity index (χ0v) is 9.25. The van der Waals surface area contributed by atoms with E-state index in [1.165, 1.54) is 0 Å². The fourth-order valence-corrected chi connectivity index (χ4v) is 2.21. The summed E-state index contributed by atoms with van der Waals surface area (Å²) in [5, 5.41) is 9.80. The topological polar surface area (TPSA) is 20.2 Å². The van der Waals surface area contributed by atoms with Crippen LogP contribution in [0.15, 0.2) is 12.2 Å². The van der Waals surface area contributed by atoms with Gasteiger partial charge < -0.3 is 5.11 Å². The lowest BCUT2D eigenvalue weighted by Gasteiger charge is -2.26. The first-order valence-electron chi connectivity index (χ1n) is 5.26. The summed E-state index contributed by atoms with van der Waals surface area (Å²) in [6.07, 6.45) is 6.21. The summed E-state index contributed by atoms with van der Waals surface area (Å²) in [4.78, 5) is 0. The van der Waals surface area contributed by atoms with Crippen molar-refractivity contribution in [3.05, 3.63) is 12.2 Å². The zero-order chi connectivity index (χ0) is 10.1. The normalized spacial score (nSPS) is 35.9. The first-order chi connectivity index (χ1) is 5.95.